The van der Waals surface area contributed by atoms with E-state index in [1.165, 1.54) is 18.9 Å². The number of nitrogens with one attached hydrogen (secondary N) is 1. The zero-order valence-electron chi connectivity index (χ0n) is 18.0. The van der Waals surface area contributed by atoms with E-state index in [1.54, 1.807) is 12.1 Å². The molecule has 0 unspecified atom stereocenters. The molecule has 0 atom stereocenters. The number of carbonyl (C=O) groups is 2. The number of thioether (sulfide) groups is 1. The van der Waals surface area contributed by atoms with Crippen LogP contribution in [0.5, 0.6) is 5.75 Å². The van der Waals surface area contributed by atoms with Crippen LogP contribution < -0.4 is 10.1 Å². The highest BCUT2D eigenvalue weighted by Gasteiger charge is 2.31. The predicted molar refractivity (Wildman–Crippen MR) is 120 cm³/mol. The van der Waals surface area contributed by atoms with E-state index >= 15 is 0 Å². The fourth-order valence-electron chi connectivity index (χ4n) is 3.61. The zero-order chi connectivity index (χ0) is 21.6. The molecule has 0 saturated heterocycles. The quantitative estimate of drug-likeness (QED) is 0.568. The lowest BCUT2D eigenvalue weighted by Gasteiger charge is -2.36. The monoisotopic (exact) mass is 441 g/mol. The van der Waals surface area contributed by atoms with Crippen molar-refractivity contribution in [2.45, 2.75) is 59.5 Å². The Hall–Kier alpha value is -1.40. The van der Waals surface area contributed by atoms with Crippen molar-refractivity contribution in [1.82, 2.24) is 0 Å². The lowest BCUT2D eigenvalue weighted by atomic mass is 9.72. The van der Waals surface area contributed by atoms with E-state index in [1.807, 2.05) is 6.92 Å². The maximum absolute atomic E-state index is 12.2. The van der Waals surface area contributed by atoms with E-state index in [4.69, 9.17) is 21.1 Å². The first kappa shape index (κ1) is 23.9. The molecule has 0 heterocycles. The van der Waals surface area contributed by atoms with Crippen LogP contribution in [0.2, 0.25) is 5.02 Å². The van der Waals surface area contributed by atoms with Gasteiger partial charge in [0.05, 0.1) is 24.3 Å². The average molecular weight is 442 g/mol. The second-order valence-electron chi connectivity index (χ2n) is 8.67. The van der Waals surface area contributed by atoms with Gasteiger partial charge in [-0.2, -0.15) is 0 Å². The number of rotatable bonds is 7. The van der Waals surface area contributed by atoms with E-state index in [0.717, 1.165) is 31.2 Å². The molecule has 2 rings (SSSR count). The highest BCUT2D eigenvalue weighted by molar-refractivity contribution is 8.00. The maximum atomic E-state index is 12.2. The van der Waals surface area contributed by atoms with Gasteiger partial charge in [0, 0.05) is 11.1 Å². The molecular weight excluding hydrogens is 410 g/mol. The van der Waals surface area contributed by atoms with Crippen molar-refractivity contribution < 1.29 is 19.1 Å². The molecule has 1 N–H and O–H groups in total. The Morgan fingerprint density at radius 2 is 1.83 bits per heavy atom. The van der Waals surface area contributed by atoms with Gasteiger partial charge in [-0.05, 0) is 55.6 Å². The third kappa shape index (κ3) is 7.41. The Morgan fingerprint density at radius 3 is 2.41 bits per heavy atom. The molecule has 0 bridgehead atoms. The summed E-state index contributed by atoms with van der Waals surface area (Å²) in [4.78, 5) is 24.3. The largest absolute Gasteiger partial charge is 0.495 e. The third-order valence-corrected chi connectivity index (χ3v) is 6.72. The molecule has 5 nitrogen and oxygen atoms in total. The van der Waals surface area contributed by atoms with Crippen LogP contribution in [-0.2, 0) is 14.3 Å². The molecule has 162 valence electrons. The Bertz CT molecular complexity index is 724. The number of anilines is 1. The van der Waals surface area contributed by atoms with Gasteiger partial charge in [0.15, 0.2) is 0 Å². The van der Waals surface area contributed by atoms with Crippen LogP contribution in [-0.4, -0.2) is 36.6 Å². The number of aryl methyl sites for hydroxylation is 1. The fraction of sp³-hybridized carbons (Fsp3) is 0.636. The van der Waals surface area contributed by atoms with Gasteiger partial charge in [-0.1, -0.05) is 32.4 Å². The van der Waals surface area contributed by atoms with Crippen molar-refractivity contribution in [3.8, 4) is 5.75 Å². The van der Waals surface area contributed by atoms with Gasteiger partial charge in [0.1, 0.15) is 11.9 Å². The average Bonchev–Trinajstić information content (AvgIpc) is 2.64. The maximum Gasteiger partial charge on any atom is 0.316 e. The predicted octanol–water partition coefficient (Wildman–Crippen LogP) is 5.48. The number of hydrogen-bond donors (Lipinski definition) is 1. The fourth-order valence-corrected chi connectivity index (χ4v) is 4.36. The smallest absolute Gasteiger partial charge is 0.316 e. The summed E-state index contributed by atoms with van der Waals surface area (Å²) in [6, 6.07) is 3.44. The SMILES string of the molecule is COc1cc(Cl)c(C)cc1NC(=O)CSCC(=O)OC1CCC(C(C)(C)C)CC1. The summed E-state index contributed by atoms with van der Waals surface area (Å²) in [5.74, 6) is 1.07. The first-order valence-corrected chi connectivity index (χ1v) is 11.5. The molecule has 1 aromatic carbocycles. The van der Waals surface area contributed by atoms with E-state index in [0.29, 0.717) is 27.8 Å². The van der Waals surface area contributed by atoms with Gasteiger partial charge in [-0.15, -0.1) is 11.8 Å². The number of methoxy groups -OCH3 is 1. The van der Waals surface area contributed by atoms with E-state index in [2.05, 4.69) is 26.1 Å². The molecule has 0 aliphatic heterocycles. The lowest BCUT2D eigenvalue weighted by Crippen LogP contribution is -2.30. The first-order chi connectivity index (χ1) is 13.6. The molecule has 0 aromatic heterocycles. The van der Waals surface area contributed by atoms with Crippen LogP contribution in [0.15, 0.2) is 12.1 Å². The number of carbonyl (C=O) groups excluding carboxylic acids is 2. The van der Waals surface area contributed by atoms with Crippen molar-refractivity contribution in [2.24, 2.45) is 11.3 Å². The van der Waals surface area contributed by atoms with Crippen molar-refractivity contribution >= 4 is 40.9 Å². The number of hydrogen-bond acceptors (Lipinski definition) is 5. The van der Waals surface area contributed by atoms with Crippen LogP contribution in [0.4, 0.5) is 5.69 Å². The summed E-state index contributed by atoms with van der Waals surface area (Å²) < 4.78 is 10.8. The van der Waals surface area contributed by atoms with E-state index < -0.39 is 0 Å². The molecule has 1 aliphatic carbocycles. The van der Waals surface area contributed by atoms with Crippen LogP contribution in [0, 0.1) is 18.3 Å². The van der Waals surface area contributed by atoms with Crippen molar-refractivity contribution in [3.63, 3.8) is 0 Å². The topological polar surface area (TPSA) is 64.6 Å². The number of ether oxygens (including phenoxy) is 2. The highest BCUT2D eigenvalue weighted by atomic mass is 35.5. The summed E-state index contributed by atoms with van der Waals surface area (Å²) >= 11 is 7.33. The molecule has 7 heteroatoms. The van der Waals surface area contributed by atoms with Gasteiger partial charge >= 0.3 is 5.97 Å². The van der Waals surface area contributed by atoms with Gasteiger partial charge in [-0.25, -0.2) is 0 Å². The molecule has 1 fully saturated rings. The zero-order valence-corrected chi connectivity index (χ0v) is 19.5. The second kappa shape index (κ2) is 10.6. The normalized spacial score (nSPS) is 19.5. The van der Waals surface area contributed by atoms with Crippen LogP contribution in [0.3, 0.4) is 0 Å². The van der Waals surface area contributed by atoms with Gasteiger partial charge in [0.2, 0.25) is 5.91 Å². The second-order valence-corrected chi connectivity index (χ2v) is 10.1. The minimum Gasteiger partial charge on any atom is -0.495 e. The summed E-state index contributed by atoms with van der Waals surface area (Å²) in [6.07, 6.45) is 4.05. The van der Waals surface area contributed by atoms with Crippen LogP contribution >= 0.6 is 23.4 Å². The minimum absolute atomic E-state index is 0.0110. The van der Waals surface area contributed by atoms with Crippen LogP contribution in [0.25, 0.3) is 0 Å². The molecular formula is C22H32ClNO4S. The number of amides is 1. The highest BCUT2D eigenvalue weighted by Crippen LogP contribution is 2.38. The Balaban J connectivity index is 1.71. The standard InChI is InChI=1S/C22H32ClNO4S/c1-14-10-18(19(27-5)11-17(14)23)24-20(25)12-29-13-21(26)28-16-8-6-15(7-9-16)22(2,3)4/h10-11,15-16H,6-9,12-13H2,1-5H3,(H,24,25). The molecule has 0 spiro atoms. The molecule has 1 aromatic rings. The van der Waals surface area contributed by atoms with Crippen molar-refractivity contribution in [3.05, 3.63) is 22.7 Å². The number of halogens is 1. The molecule has 29 heavy (non-hydrogen) atoms. The molecule has 1 saturated carbocycles. The molecule has 1 aliphatic rings. The lowest BCUT2D eigenvalue weighted by molar-refractivity contribution is -0.148. The van der Waals surface area contributed by atoms with E-state index in [-0.39, 0.29) is 29.5 Å². The van der Waals surface area contributed by atoms with Crippen LogP contribution in [0.1, 0.15) is 52.0 Å². The Kier molecular flexibility index (Phi) is 8.71. The number of benzene rings is 1. The van der Waals surface area contributed by atoms with E-state index in [9.17, 15) is 9.59 Å². The third-order valence-electron chi connectivity index (χ3n) is 5.40. The van der Waals surface area contributed by atoms with Gasteiger partial charge < -0.3 is 14.8 Å². The number of esters is 1. The molecule has 1 amide bonds. The minimum atomic E-state index is -0.248. The van der Waals surface area contributed by atoms with Gasteiger partial charge in [0.25, 0.3) is 0 Å². The first-order valence-electron chi connectivity index (χ1n) is 10.0. The summed E-state index contributed by atoms with van der Waals surface area (Å²) in [6.45, 7) is 8.67. The summed E-state index contributed by atoms with van der Waals surface area (Å²) in [5.41, 5.74) is 1.72. The van der Waals surface area contributed by atoms with Gasteiger partial charge in [-0.3, -0.25) is 9.59 Å². The summed E-state index contributed by atoms with van der Waals surface area (Å²) in [7, 11) is 1.52. The van der Waals surface area contributed by atoms with Crippen molar-refractivity contribution in [1.29, 1.82) is 0 Å². The van der Waals surface area contributed by atoms with Crippen molar-refractivity contribution in [2.75, 3.05) is 23.9 Å². The summed E-state index contributed by atoms with van der Waals surface area (Å²) in [5, 5.41) is 3.39. The Morgan fingerprint density at radius 1 is 1.17 bits per heavy atom. The molecule has 0 radical (unpaired) electrons. The Labute approximate surface area is 183 Å².